The third kappa shape index (κ3) is 5.90. The van der Waals surface area contributed by atoms with Crippen LogP contribution in [0, 0.1) is 0 Å². The van der Waals surface area contributed by atoms with Crippen molar-refractivity contribution < 1.29 is 0 Å². The Labute approximate surface area is 173 Å². The number of anilines is 1. The molecule has 0 saturated carbocycles. The summed E-state index contributed by atoms with van der Waals surface area (Å²) in [6, 6.07) is 16.5. The third-order valence-electron chi connectivity index (χ3n) is 5.12. The lowest BCUT2D eigenvalue weighted by Gasteiger charge is -2.13. The number of fused-ring (bicyclic) bond motifs is 2. The van der Waals surface area contributed by atoms with Gasteiger partial charge < -0.3 is 10.6 Å². The zero-order valence-electron chi connectivity index (χ0n) is 16.8. The average Bonchev–Trinajstić information content (AvgIpc) is 2.71. The minimum atomic E-state index is 0.684. The van der Waals surface area contributed by atoms with E-state index in [1.807, 2.05) is 30.3 Å². The molecule has 4 heteroatoms. The Hall–Kier alpha value is -2.20. The van der Waals surface area contributed by atoms with Crippen LogP contribution >= 0.6 is 12.2 Å². The number of nitrogens with one attached hydrogen (secondary N) is 2. The highest BCUT2D eigenvalue weighted by atomic mass is 32.1. The molecule has 0 aliphatic rings. The van der Waals surface area contributed by atoms with Crippen molar-refractivity contribution in [2.24, 2.45) is 0 Å². The lowest BCUT2D eigenvalue weighted by Crippen LogP contribution is -2.29. The molecule has 0 radical (unpaired) electrons. The van der Waals surface area contributed by atoms with Crippen LogP contribution in [0.4, 0.5) is 5.69 Å². The number of para-hydroxylation sites is 1. The molecule has 3 rings (SSSR count). The molecular formula is C24H31N3S. The number of unbranched alkanes of at least 4 members (excludes halogenated alkanes) is 7. The van der Waals surface area contributed by atoms with Gasteiger partial charge in [0.1, 0.15) is 0 Å². The van der Waals surface area contributed by atoms with Crippen molar-refractivity contribution in [3.05, 3.63) is 48.5 Å². The van der Waals surface area contributed by atoms with E-state index in [0.29, 0.717) is 5.11 Å². The maximum absolute atomic E-state index is 5.50. The number of thiocarbonyl (C=S) groups is 1. The first kappa shape index (κ1) is 20.5. The summed E-state index contributed by atoms with van der Waals surface area (Å²) in [6.45, 7) is 3.19. The second kappa shape index (κ2) is 11.0. The molecule has 0 aliphatic carbocycles. The van der Waals surface area contributed by atoms with Crippen molar-refractivity contribution in [2.75, 3.05) is 11.9 Å². The van der Waals surface area contributed by atoms with Crippen LogP contribution in [0.2, 0.25) is 0 Å². The quantitative estimate of drug-likeness (QED) is 0.225. The second-order valence-electron chi connectivity index (χ2n) is 7.41. The first-order valence-electron chi connectivity index (χ1n) is 10.6. The number of aromatic nitrogens is 1. The first-order chi connectivity index (χ1) is 13.8. The molecule has 0 bridgehead atoms. The molecule has 2 aromatic carbocycles. The lowest BCUT2D eigenvalue weighted by atomic mass is 10.1. The van der Waals surface area contributed by atoms with E-state index in [9.17, 15) is 0 Å². The van der Waals surface area contributed by atoms with Crippen LogP contribution in [0.15, 0.2) is 48.5 Å². The summed E-state index contributed by atoms with van der Waals surface area (Å²) in [6.07, 6.45) is 10.6. The second-order valence-corrected chi connectivity index (χ2v) is 7.82. The summed E-state index contributed by atoms with van der Waals surface area (Å²) in [5, 5.41) is 9.62. The molecule has 3 aromatic rings. The molecule has 0 amide bonds. The van der Waals surface area contributed by atoms with Gasteiger partial charge in [-0.1, -0.05) is 76.1 Å². The third-order valence-corrected chi connectivity index (χ3v) is 5.37. The van der Waals surface area contributed by atoms with E-state index in [0.717, 1.165) is 40.5 Å². The zero-order chi connectivity index (χ0) is 19.6. The van der Waals surface area contributed by atoms with Gasteiger partial charge in [0.25, 0.3) is 0 Å². The van der Waals surface area contributed by atoms with Crippen LogP contribution in [0.3, 0.4) is 0 Å². The molecule has 1 aromatic heterocycles. The van der Waals surface area contributed by atoms with Crippen molar-refractivity contribution in [2.45, 2.75) is 58.3 Å². The Kier molecular flexibility index (Phi) is 8.04. The molecule has 0 unspecified atom stereocenters. The normalized spacial score (nSPS) is 11.0. The van der Waals surface area contributed by atoms with E-state index in [1.165, 1.54) is 44.9 Å². The molecule has 0 aliphatic heterocycles. The molecule has 1 heterocycles. The molecule has 3 nitrogen and oxygen atoms in total. The van der Waals surface area contributed by atoms with Gasteiger partial charge in [-0.05, 0) is 42.9 Å². The van der Waals surface area contributed by atoms with Gasteiger partial charge in [-0.2, -0.15) is 0 Å². The van der Waals surface area contributed by atoms with Crippen LogP contribution in [0.1, 0.15) is 58.3 Å². The summed E-state index contributed by atoms with van der Waals surface area (Å²) in [5.74, 6) is 0. The molecule has 0 fully saturated rings. The van der Waals surface area contributed by atoms with E-state index in [2.05, 4.69) is 35.8 Å². The van der Waals surface area contributed by atoms with E-state index in [1.54, 1.807) is 0 Å². The molecule has 2 N–H and O–H groups in total. The molecule has 0 saturated heterocycles. The minimum absolute atomic E-state index is 0.684. The predicted octanol–water partition coefficient (Wildman–Crippen LogP) is 6.82. The Bertz CT molecular complexity index is 907. The number of rotatable bonds is 10. The molecule has 0 spiro atoms. The number of benzene rings is 2. The summed E-state index contributed by atoms with van der Waals surface area (Å²) in [4.78, 5) is 4.76. The Morgan fingerprint density at radius 1 is 0.857 bits per heavy atom. The van der Waals surface area contributed by atoms with E-state index in [-0.39, 0.29) is 0 Å². The first-order valence-corrected chi connectivity index (χ1v) is 11.0. The zero-order valence-corrected chi connectivity index (χ0v) is 17.7. The van der Waals surface area contributed by atoms with Crippen LogP contribution in [-0.4, -0.2) is 16.6 Å². The van der Waals surface area contributed by atoms with Gasteiger partial charge in [-0.15, -0.1) is 0 Å². The highest BCUT2D eigenvalue weighted by Gasteiger charge is 2.06. The maximum atomic E-state index is 5.50. The predicted molar refractivity (Wildman–Crippen MR) is 126 cm³/mol. The van der Waals surface area contributed by atoms with Crippen LogP contribution in [-0.2, 0) is 0 Å². The number of hydrogen-bond donors (Lipinski definition) is 2. The number of pyridine rings is 1. The van der Waals surface area contributed by atoms with Gasteiger partial charge in [0, 0.05) is 23.0 Å². The fourth-order valence-corrected chi connectivity index (χ4v) is 3.75. The average molecular weight is 394 g/mol. The van der Waals surface area contributed by atoms with Crippen LogP contribution in [0.5, 0.6) is 0 Å². The lowest BCUT2D eigenvalue weighted by molar-refractivity contribution is 0.573. The van der Waals surface area contributed by atoms with Crippen molar-refractivity contribution in [3.8, 4) is 0 Å². The fourth-order valence-electron chi connectivity index (χ4n) is 3.54. The maximum Gasteiger partial charge on any atom is 0.170 e. The van der Waals surface area contributed by atoms with Gasteiger partial charge in [-0.3, -0.25) is 0 Å². The largest absolute Gasteiger partial charge is 0.362 e. The topological polar surface area (TPSA) is 37.0 Å². The van der Waals surface area contributed by atoms with E-state index >= 15 is 0 Å². The monoisotopic (exact) mass is 393 g/mol. The summed E-state index contributed by atoms with van der Waals surface area (Å²) < 4.78 is 0. The van der Waals surface area contributed by atoms with Gasteiger partial charge in [-0.25, -0.2) is 4.98 Å². The molecular weight excluding hydrogens is 362 g/mol. The van der Waals surface area contributed by atoms with Crippen LogP contribution in [0.25, 0.3) is 21.8 Å². The standard InChI is InChI=1S/C24H31N3S/c1-2-3-4-5-6-7-8-11-17-25-24(28)27-23-16-12-15-22-20(23)18-19-13-9-10-14-21(19)26-22/h9-10,12-16,18H,2-8,11,17H2,1H3,(H2,25,27,28). The summed E-state index contributed by atoms with van der Waals surface area (Å²) >= 11 is 5.50. The molecule has 28 heavy (non-hydrogen) atoms. The van der Waals surface area contributed by atoms with Crippen molar-refractivity contribution in [1.29, 1.82) is 0 Å². The minimum Gasteiger partial charge on any atom is -0.362 e. The Morgan fingerprint density at radius 2 is 1.57 bits per heavy atom. The van der Waals surface area contributed by atoms with Gasteiger partial charge in [0.05, 0.1) is 11.0 Å². The van der Waals surface area contributed by atoms with Crippen molar-refractivity contribution >= 4 is 44.8 Å². The SMILES string of the molecule is CCCCCCCCCCNC(=S)Nc1cccc2nc3ccccc3cc12. The molecule has 0 atom stereocenters. The van der Waals surface area contributed by atoms with E-state index < -0.39 is 0 Å². The summed E-state index contributed by atoms with van der Waals surface area (Å²) in [7, 11) is 0. The van der Waals surface area contributed by atoms with Gasteiger partial charge in [0.15, 0.2) is 5.11 Å². The van der Waals surface area contributed by atoms with Crippen molar-refractivity contribution in [3.63, 3.8) is 0 Å². The van der Waals surface area contributed by atoms with Gasteiger partial charge >= 0.3 is 0 Å². The number of hydrogen-bond acceptors (Lipinski definition) is 2. The Balaban J connectivity index is 1.48. The fraction of sp³-hybridized carbons (Fsp3) is 0.417. The van der Waals surface area contributed by atoms with E-state index in [4.69, 9.17) is 17.2 Å². The smallest absolute Gasteiger partial charge is 0.170 e. The molecule has 148 valence electrons. The number of nitrogens with zero attached hydrogens (tertiary/aromatic N) is 1. The Morgan fingerprint density at radius 3 is 2.39 bits per heavy atom. The van der Waals surface area contributed by atoms with Gasteiger partial charge in [0.2, 0.25) is 0 Å². The highest BCUT2D eigenvalue weighted by molar-refractivity contribution is 7.80. The summed E-state index contributed by atoms with van der Waals surface area (Å²) in [5.41, 5.74) is 3.00. The van der Waals surface area contributed by atoms with Crippen molar-refractivity contribution in [1.82, 2.24) is 10.3 Å². The van der Waals surface area contributed by atoms with Crippen LogP contribution < -0.4 is 10.6 Å². The highest BCUT2D eigenvalue weighted by Crippen LogP contribution is 2.26.